The Labute approximate surface area is 98.1 Å². The third kappa shape index (κ3) is 1.97. The topological polar surface area (TPSA) is 23.8 Å². The molecule has 1 heteroatoms. The molecule has 0 N–H and O–H groups in total. The van der Waals surface area contributed by atoms with Gasteiger partial charge in [-0.05, 0) is 30.4 Å². The molecule has 84 valence electrons. The van der Waals surface area contributed by atoms with E-state index in [0.29, 0.717) is 6.42 Å². The normalized spacial score (nSPS) is 18.2. The summed E-state index contributed by atoms with van der Waals surface area (Å²) < 4.78 is 0. The first-order valence-electron chi connectivity index (χ1n) is 6.27. The molecule has 1 aromatic carbocycles. The van der Waals surface area contributed by atoms with Crippen molar-refractivity contribution >= 4 is 0 Å². The number of rotatable bonds is 3. The standard InChI is InChI=1S/C15H19N/c1-2-13-6-5-7-14(12-13)15(10-11-16)8-3-4-9-15/h5-7,12H,2-4,8-10H2,1H3. The second kappa shape index (κ2) is 4.70. The third-order valence-electron chi connectivity index (χ3n) is 3.93. The van der Waals surface area contributed by atoms with Crippen LogP contribution in [-0.4, -0.2) is 0 Å². The van der Waals surface area contributed by atoms with Crippen LogP contribution in [0.2, 0.25) is 0 Å². The smallest absolute Gasteiger partial charge is 0.0631 e. The fourth-order valence-corrected chi connectivity index (χ4v) is 2.89. The summed E-state index contributed by atoms with van der Waals surface area (Å²) in [5.74, 6) is 0. The molecule has 1 nitrogen and oxygen atoms in total. The lowest BCUT2D eigenvalue weighted by atomic mass is 9.76. The van der Waals surface area contributed by atoms with Gasteiger partial charge < -0.3 is 0 Å². The van der Waals surface area contributed by atoms with E-state index in [-0.39, 0.29) is 5.41 Å². The largest absolute Gasteiger partial charge is 0.198 e. The summed E-state index contributed by atoms with van der Waals surface area (Å²) in [5, 5.41) is 9.03. The average Bonchev–Trinajstić information content (AvgIpc) is 2.80. The first kappa shape index (κ1) is 11.2. The monoisotopic (exact) mass is 213 g/mol. The van der Waals surface area contributed by atoms with Crippen molar-refractivity contribution in [1.82, 2.24) is 0 Å². The second-order valence-electron chi connectivity index (χ2n) is 4.88. The fourth-order valence-electron chi connectivity index (χ4n) is 2.89. The molecule has 0 aliphatic heterocycles. The third-order valence-corrected chi connectivity index (χ3v) is 3.93. The Morgan fingerprint density at radius 3 is 2.69 bits per heavy atom. The maximum atomic E-state index is 9.03. The summed E-state index contributed by atoms with van der Waals surface area (Å²) in [4.78, 5) is 0. The molecule has 16 heavy (non-hydrogen) atoms. The average molecular weight is 213 g/mol. The van der Waals surface area contributed by atoms with Gasteiger partial charge in [-0.2, -0.15) is 5.26 Å². The summed E-state index contributed by atoms with van der Waals surface area (Å²) in [5.41, 5.74) is 2.95. The van der Waals surface area contributed by atoms with Crippen molar-refractivity contribution in [2.75, 3.05) is 0 Å². The maximum Gasteiger partial charge on any atom is 0.0631 e. The van der Waals surface area contributed by atoms with Crippen LogP contribution in [0.3, 0.4) is 0 Å². The van der Waals surface area contributed by atoms with Crippen LogP contribution in [0.5, 0.6) is 0 Å². The summed E-state index contributed by atoms with van der Waals surface area (Å²) in [6.45, 7) is 2.19. The maximum absolute atomic E-state index is 9.03. The van der Waals surface area contributed by atoms with Gasteiger partial charge in [0.1, 0.15) is 0 Å². The van der Waals surface area contributed by atoms with Crippen molar-refractivity contribution in [3.8, 4) is 6.07 Å². The number of nitrogens with zero attached hydrogens (tertiary/aromatic N) is 1. The number of hydrogen-bond donors (Lipinski definition) is 0. The SMILES string of the molecule is CCc1cccc(C2(CC#N)CCCC2)c1. The van der Waals surface area contributed by atoms with Crippen LogP contribution in [0.1, 0.15) is 50.2 Å². The molecule has 0 aromatic heterocycles. The van der Waals surface area contributed by atoms with E-state index >= 15 is 0 Å². The lowest BCUT2D eigenvalue weighted by Gasteiger charge is -2.27. The summed E-state index contributed by atoms with van der Waals surface area (Å²) >= 11 is 0. The molecule has 2 rings (SSSR count). The zero-order chi connectivity index (χ0) is 11.4. The van der Waals surface area contributed by atoms with Crippen LogP contribution in [-0.2, 0) is 11.8 Å². The number of hydrogen-bond acceptors (Lipinski definition) is 1. The van der Waals surface area contributed by atoms with E-state index in [9.17, 15) is 0 Å². The predicted molar refractivity (Wildman–Crippen MR) is 66.2 cm³/mol. The summed E-state index contributed by atoms with van der Waals surface area (Å²) in [6, 6.07) is 11.2. The minimum absolute atomic E-state index is 0.167. The molecule has 0 unspecified atom stereocenters. The Balaban J connectivity index is 2.35. The quantitative estimate of drug-likeness (QED) is 0.745. The Hall–Kier alpha value is -1.29. The van der Waals surface area contributed by atoms with Crippen LogP contribution < -0.4 is 0 Å². The Morgan fingerprint density at radius 1 is 1.31 bits per heavy atom. The van der Waals surface area contributed by atoms with E-state index < -0.39 is 0 Å². The Morgan fingerprint density at radius 2 is 2.06 bits per heavy atom. The first-order valence-corrected chi connectivity index (χ1v) is 6.27. The van der Waals surface area contributed by atoms with Gasteiger partial charge in [0.15, 0.2) is 0 Å². The van der Waals surface area contributed by atoms with Crippen molar-refractivity contribution in [1.29, 1.82) is 5.26 Å². The molecular weight excluding hydrogens is 194 g/mol. The van der Waals surface area contributed by atoms with Crippen molar-refractivity contribution in [2.24, 2.45) is 0 Å². The second-order valence-corrected chi connectivity index (χ2v) is 4.88. The van der Waals surface area contributed by atoms with Crippen molar-refractivity contribution in [3.05, 3.63) is 35.4 Å². The predicted octanol–water partition coefficient (Wildman–Crippen LogP) is 3.97. The molecule has 0 amide bonds. The van der Waals surface area contributed by atoms with Crippen LogP contribution >= 0.6 is 0 Å². The van der Waals surface area contributed by atoms with Gasteiger partial charge in [0.25, 0.3) is 0 Å². The summed E-state index contributed by atoms with van der Waals surface area (Å²) in [6.07, 6.45) is 6.69. The molecule has 0 radical (unpaired) electrons. The zero-order valence-corrected chi connectivity index (χ0v) is 10.00. The van der Waals surface area contributed by atoms with Gasteiger partial charge >= 0.3 is 0 Å². The van der Waals surface area contributed by atoms with Crippen LogP contribution in [0.15, 0.2) is 24.3 Å². The lowest BCUT2D eigenvalue weighted by molar-refractivity contribution is 0.451. The minimum Gasteiger partial charge on any atom is -0.198 e. The molecule has 0 spiro atoms. The molecule has 0 heterocycles. The first-order chi connectivity index (χ1) is 7.80. The Kier molecular flexibility index (Phi) is 3.29. The van der Waals surface area contributed by atoms with Gasteiger partial charge in [0.2, 0.25) is 0 Å². The van der Waals surface area contributed by atoms with E-state index in [2.05, 4.69) is 37.3 Å². The van der Waals surface area contributed by atoms with Gasteiger partial charge in [0, 0.05) is 11.8 Å². The van der Waals surface area contributed by atoms with Crippen LogP contribution in [0.4, 0.5) is 0 Å². The van der Waals surface area contributed by atoms with E-state index in [1.54, 1.807) is 0 Å². The molecule has 1 saturated carbocycles. The van der Waals surface area contributed by atoms with E-state index in [1.165, 1.54) is 36.8 Å². The van der Waals surface area contributed by atoms with Gasteiger partial charge in [-0.15, -0.1) is 0 Å². The van der Waals surface area contributed by atoms with Crippen molar-refractivity contribution in [3.63, 3.8) is 0 Å². The fraction of sp³-hybridized carbons (Fsp3) is 0.533. The van der Waals surface area contributed by atoms with Crippen LogP contribution in [0.25, 0.3) is 0 Å². The highest BCUT2D eigenvalue weighted by atomic mass is 14.4. The summed E-state index contributed by atoms with van der Waals surface area (Å²) in [7, 11) is 0. The van der Waals surface area contributed by atoms with Gasteiger partial charge in [-0.1, -0.05) is 44.0 Å². The Bertz CT molecular complexity index is 394. The number of benzene rings is 1. The lowest BCUT2D eigenvalue weighted by Crippen LogP contribution is -2.21. The van der Waals surface area contributed by atoms with Gasteiger partial charge in [-0.3, -0.25) is 0 Å². The molecule has 1 aliphatic carbocycles. The van der Waals surface area contributed by atoms with Crippen LogP contribution in [0, 0.1) is 11.3 Å². The zero-order valence-electron chi connectivity index (χ0n) is 10.00. The highest BCUT2D eigenvalue weighted by molar-refractivity contribution is 5.32. The van der Waals surface area contributed by atoms with E-state index in [0.717, 1.165) is 6.42 Å². The molecular formula is C15H19N. The number of aryl methyl sites for hydroxylation is 1. The minimum atomic E-state index is 0.167. The molecule has 1 aliphatic rings. The highest BCUT2D eigenvalue weighted by Crippen LogP contribution is 2.43. The van der Waals surface area contributed by atoms with Crippen molar-refractivity contribution < 1.29 is 0 Å². The highest BCUT2D eigenvalue weighted by Gasteiger charge is 2.35. The van der Waals surface area contributed by atoms with Crippen molar-refractivity contribution in [2.45, 2.75) is 50.9 Å². The van der Waals surface area contributed by atoms with E-state index in [4.69, 9.17) is 5.26 Å². The molecule has 0 atom stereocenters. The molecule has 0 bridgehead atoms. The number of nitriles is 1. The molecule has 0 saturated heterocycles. The molecule has 1 aromatic rings. The van der Waals surface area contributed by atoms with Gasteiger partial charge in [0.05, 0.1) is 6.07 Å². The molecule has 1 fully saturated rings. The van der Waals surface area contributed by atoms with Gasteiger partial charge in [-0.25, -0.2) is 0 Å². The van der Waals surface area contributed by atoms with E-state index in [1.807, 2.05) is 0 Å².